The summed E-state index contributed by atoms with van der Waals surface area (Å²) in [5.41, 5.74) is 0. The first-order chi connectivity index (χ1) is 3.18. The van der Waals surface area contributed by atoms with Crippen LogP contribution in [0, 0.1) is 6.92 Å². The Labute approximate surface area is 45.6 Å². The van der Waals surface area contributed by atoms with Crippen LogP contribution in [0.5, 0.6) is 0 Å². The van der Waals surface area contributed by atoms with Crippen molar-refractivity contribution >= 4 is 0 Å². The van der Waals surface area contributed by atoms with E-state index in [1.807, 2.05) is 19.0 Å². The van der Waals surface area contributed by atoms with Gasteiger partial charge in [-0.3, -0.25) is 0 Å². The first kappa shape index (κ1) is 6.70. The zero-order chi connectivity index (χ0) is 5.86. The fourth-order valence-electron chi connectivity index (χ4n) is 0.211. The van der Waals surface area contributed by atoms with Crippen molar-refractivity contribution in [1.29, 1.82) is 0 Å². The van der Waals surface area contributed by atoms with Crippen LogP contribution in [0.25, 0.3) is 0 Å². The first-order valence-electron chi connectivity index (χ1n) is 2.30. The maximum absolute atomic E-state index is 3.76. The molecule has 1 radical (unpaired) electrons. The molecular weight excluding hydrogens is 86.1 g/mol. The molecule has 0 heterocycles. The maximum atomic E-state index is 3.76. The third kappa shape index (κ3) is 2.40. The van der Waals surface area contributed by atoms with Crippen LogP contribution in [-0.2, 0) is 0 Å². The van der Waals surface area contributed by atoms with Crippen LogP contribution in [0.1, 0.15) is 0 Å². The smallest absolute Gasteiger partial charge is 0.0270 e. The summed E-state index contributed by atoms with van der Waals surface area (Å²) in [6, 6.07) is 0.250. The molecule has 0 aromatic rings. The van der Waals surface area contributed by atoms with Gasteiger partial charge in [-0.15, -0.1) is 6.58 Å². The third-order valence-electron chi connectivity index (χ3n) is 0.935. The number of nitrogens with zero attached hydrogens (tertiary/aromatic N) is 1. The van der Waals surface area contributed by atoms with Gasteiger partial charge in [0.15, 0.2) is 0 Å². The number of rotatable bonds is 2. The van der Waals surface area contributed by atoms with Gasteiger partial charge in [0.1, 0.15) is 0 Å². The van der Waals surface area contributed by atoms with E-state index in [4.69, 9.17) is 0 Å². The van der Waals surface area contributed by atoms with Crippen LogP contribution in [-0.4, -0.2) is 25.0 Å². The standard InChI is InChI=1S/C6H12N/c1-5-6(2)7(3)4/h5-6H,1-2H2,3-4H3. The van der Waals surface area contributed by atoms with Crippen LogP contribution in [0.2, 0.25) is 0 Å². The van der Waals surface area contributed by atoms with Crippen molar-refractivity contribution in [3.05, 3.63) is 19.6 Å². The van der Waals surface area contributed by atoms with E-state index in [9.17, 15) is 0 Å². The maximum Gasteiger partial charge on any atom is 0.0270 e. The predicted molar refractivity (Wildman–Crippen MR) is 33.0 cm³/mol. The van der Waals surface area contributed by atoms with Crippen LogP contribution in [0.4, 0.5) is 0 Å². The SMILES string of the molecule is [CH2]C(C=C)N(C)C. The lowest BCUT2D eigenvalue weighted by Crippen LogP contribution is -2.21. The summed E-state index contributed by atoms with van der Waals surface area (Å²) < 4.78 is 0. The van der Waals surface area contributed by atoms with Gasteiger partial charge in [-0.1, -0.05) is 6.08 Å². The molecule has 0 aromatic carbocycles. The molecule has 1 unspecified atom stereocenters. The van der Waals surface area contributed by atoms with Crippen molar-refractivity contribution in [3.8, 4) is 0 Å². The van der Waals surface area contributed by atoms with Crippen molar-refractivity contribution in [3.63, 3.8) is 0 Å². The number of likely N-dealkylation sites (N-methyl/N-ethyl adjacent to an activating group) is 1. The summed E-state index contributed by atoms with van der Waals surface area (Å²) >= 11 is 0. The highest BCUT2D eigenvalue weighted by molar-refractivity contribution is 4.86. The molecule has 41 valence electrons. The molecule has 0 saturated carbocycles. The van der Waals surface area contributed by atoms with Crippen LogP contribution in [0.3, 0.4) is 0 Å². The van der Waals surface area contributed by atoms with E-state index in [-0.39, 0.29) is 6.04 Å². The molecule has 1 nitrogen and oxygen atoms in total. The lowest BCUT2D eigenvalue weighted by molar-refractivity contribution is 0.390. The van der Waals surface area contributed by atoms with Crippen molar-refractivity contribution in [1.82, 2.24) is 4.90 Å². The largest absolute Gasteiger partial charge is 0.303 e. The highest BCUT2D eigenvalue weighted by Gasteiger charge is 1.94. The van der Waals surface area contributed by atoms with Crippen molar-refractivity contribution in [2.75, 3.05) is 14.1 Å². The van der Waals surface area contributed by atoms with Gasteiger partial charge in [0.25, 0.3) is 0 Å². The normalized spacial score (nSPS) is 14.3. The minimum Gasteiger partial charge on any atom is -0.303 e. The second-order valence-electron chi connectivity index (χ2n) is 1.77. The molecule has 0 aliphatic rings. The molecule has 0 rings (SSSR count). The monoisotopic (exact) mass is 98.1 g/mol. The molecule has 7 heavy (non-hydrogen) atoms. The average molecular weight is 98.2 g/mol. The summed E-state index contributed by atoms with van der Waals surface area (Å²) in [5, 5.41) is 0. The Hall–Kier alpha value is -0.300. The molecule has 0 spiro atoms. The van der Waals surface area contributed by atoms with Crippen molar-refractivity contribution in [2.24, 2.45) is 0 Å². The molecule has 0 bridgehead atoms. The van der Waals surface area contributed by atoms with Crippen molar-refractivity contribution in [2.45, 2.75) is 6.04 Å². The molecule has 0 amide bonds. The summed E-state index contributed by atoms with van der Waals surface area (Å²) in [5.74, 6) is 0. The summed E-state index contributed by atoms with van der Waals surface area (Å²) in [4.78, 5) is 1.99. The Balaban J connectivity index is 3.33. The zero-order valence-electron chi connectivity index (χ0n) is 5.02. The molecule has 0 saturated heterocycles. The zero-order valence-corrected chi connectivity index (χ0v) is 5.02. The predicted octanol–water partition coefficient (Wildman–Crippen LogP) is 0.937. The summed E-state index contributed by atoms with van der Waals surface area (Å²) in [7, 11) is 3.94. The fraction of sp³-hybridized carbons (Fsp3) is 0.500. The van der Waals surface area contributed by atoms with Gasteiger partial charge in [-0.05, 0) is 21.0 Å². The topological polar surface area (TPSA) is 3.24 Å². The Morgan fingerprint density at radius 2 is 2.00 bits per heavy atom. The third-order valence-corrected chi connectivity index (χ3v) is 0.935. The Bertz CT molecular complexity index is 57.2. The van der Waals surface area contributed by atoms with E-state index in [0.29, 0.717) is 0 Å². The van der Waals surface area contributed by atoms with Gasteiger partial charge < -0.3 is 4.90 Å². The van der Waals surface area contributed by atoms with E-state index in [1.54, 1.807) is 6.08 Å². The molecule has 1 heteroatoms. The molecule has 0 aliphatic heterocycles. The van der Waals surface area contributed by atoms with E-state index >= 15 is 0 Å². The van der Waals surface area contributed by atoms with E-state index in [2.05, 4.69) is 13.5 Å². The Morgan fingerprint density at radius 3 is 2.00 bits per heavy atom. The second kappa shape index (κ2) is 2.80. The first-order valence-corrected chi connectivity index (χ1v) is 2.30. The minimum absolute atomic E-state index is 0.250. The van der Waals surface area contributed by atoms with Gasteiger partial charge in [0, 0.05) is 6.04 Å². The molecule has 0 aliphatic carbocycles. The van der Waals surface area contributed by atoms with E-state index in [1.165, 1.54) is 0 Å². The Kier molecular flexibility index (Phi) is 2.68. The molecule has 1 atom stereocenters. The van der Waals surface area contributed by atoms with Crippen LogP contribution >= 0.6 is 0 Å². The highest BCUT2D eigenvalue weighted by atomic mass is 15.1. The molecule has 0 N–H and O–H groups in total. The van der Waals surface area contributed by atoms with Gasteiger partial charge in [0.05, 0.1) is 0 Å². The summed E-state index contributed by atoms with van der Waals surface area (Å²) in [6.07, 6.45) is 1.81. The van der Waals surface area contributed by atoms with Crippen LogP contribution < -0.4 is 0 Å². The lowest BCUT2D eigenvalue weighted by atomic mass is 10.3. The second-order valence-corrected chi connectivity index (χ2v) is 1.77. The van der Waals surface area contributed by atoms with E-state index < -0.39 is 0 Å². The molecular formula is C6H12N. The minimum atomic E-state index is 0.250. The highest BCUT2D eigenvalue weighted by Crippen LogP contribution is 1.87. The lowest BCUT2D eigenvalue weighted by Gasteiger charge is -2.13. The average Bonchev–Trinajstić information content (AvgIpc) is 1.65. The molecule has 0 aromatic heterocycles. The Morgan fingerprint density at radius 1 is 1.57 bits per heavy atom. The van der Waals surface area contributed by atoms with Gasteiger partial charge in [-0.2, -0.15) is 0 Å². The van der Waals surface area contributed by atoms with Crippen LogP contribution in [0.15, 0.2) is 12.7 Å². The van der Waals surface area contributed by atoms with Gasteiger partial charge in [0.2, 0.25) is 0 Å². The fourth-order valence-corrected chi connectivity index (χ4v) is 0.211. The number of hydrogen-bond donors (Lipinski definition) is 0. The molecule has 0 fully saturated rings. The quantitative estimate of drug-likeness (QED) is 0.464. The van der Waals surface area contributed by atoms with Gasteiger partial charge >= 0.3 is 0 Å². The van der Waals surface area contributed by atoms with Gasteiger partial charge in [-0.25, -0.2) is 0 Å². The van der Waals surface area contributed by atoms with E-state index in [0.717, 1.165) is 0 Å². The van der Waals surface area contributed by atoms with Crippen molar-refractivity contribution < 1.29 is 0 Å². The summed E-state index contributed by atoms with van der Waals surface area (Å²) in [6.45, 7) is 7.34. The number of hydrogen-bond acceptors (Lipinski definition) is 1.